The highest BCUT2D eigenvalue weighted by molar-refractivity contribution is 5.78. The number of rotatable bonds is 4. The van der Waals surface area contributed by atoms with E-state index < -0.39 is 29.6 Å². The van der Waals surface area contributed by atoms with Crippen LogP contribution in [0.3, 0.4) is 0 Å². The van der Waals surface area contributed by atoms with E-state index in [2.05, 4.69) is 25.0 Å². The van der Waals surface area contributed by atoms with E-state index in [1.807, 2.05) is 0 Å². The van der Waals surface area contributed by atoms with Gasteiger partial charge in [-0.2, -0.15) is 14.4 Å². The van der Waals surface area contributed by atoms with Gasteiger partial charge >= 0.3 is 6.36 Å². The fraction of sp³-hybridized carbons (Fsp3) is 0.105. The van der Waals surface area contributed by atoms with E-state index in [9.17, 15) is 22.0 Å². The Morgan fingerprint density at radius 1 is 1.00 bits per heavy atom. The molecule has 0 saturated carbocycles. The Kier molecular flexibility index (Phi) is 4.84. The van der Waals surface area contributed by atoms with Crippen LogP contribution in [0, 0.1) is 18.6 Å². The van der Waals surface area contributed by atoms with E-state index in [0.717, 1.165) is 12.1 Å². The van der Waals surface area contributed by atoms with Gasteiger partial charge in [0.2, 0.25) is 11.8 Å². The van der Waals surface area contributed by atoms with Crippen LogP contribution >= 0.6 is 0 Å². The number of halogens is 5. The van der Waals surface area contributed by atoms with Crippen LogP contribution in [-0.4, -0.2) is 25.9 Å². The summed E-state index contributed by atoms with van der Waals surface area (Å²) < 4.78 is 70.3. The Morgan fingerprint density at radius 3 is 2.39 bits per heavy atom. The van der Waals surface area contributed by atoms with Crippen molar-refractivity contribution in [1.29, 1.82) is 0 Å². The first kappa shape index (κ1) is 20.3. The van der Waals surface area contributed by atoms with Gasteiger partial charge in [-0.1, -0.05) is 0 Å². The van der Waals surface area contributed by atoms with Crippen LogP contribution in [0.25, 0.3) is 17.0 Å². The molecule has 2 aromatic carbocycles. The molecule has 7 nitrogen and oxygen atoms in total. The Labute approximate surface area is 171 Å². The fourth-order valence-electron chi connectivity index (χ4n) is 2.93. The summed E-state index contributed by atoms with van der Waals surface area (Å²) in [5.74, 6) is -2.39. The average Bonchev–Trinajstić information content (AvgIpc) is 3.00. The van der Waals surface area contributed by atoms with Crippen molar-refractivity contribution < 1.29 is 26.7 Å². The van der Waals surface area contributed by atoms with E-state index in [-0.39, 0.29) is 17.5 Å². The summed E-state index contributed by atoms with van der Waals surface area (Å²) in [4.78, 5) is 12.3. The van der Waals surface area contributed by atoms with E-state index in [1.165, 1.54) is 34.9 Å². The number of nitrogens with two attached hydrogens (primary N) is 1. The molecule has 4 aromatic rings. The third kappa shape index (κ3) is 4.17. The summed E-state index contributed by atoms with van der Waals surface area (Å²) in [5, 5.41) is 2.63. The lowest BCUT2D eigenvalue weighted by Gasteiger charge is -2.13. The van der Waals surface area contributed by atoms with Crippen LogP contribution < -0.4 is 15.8 Å². The van der Waals surface area contributed by atoms with Gasteiger partial charge in [-0.15, -0.1) is 13.2 Å². The molecule has 3 N–H and O–H groups in total. The number of hydrogen-bond acceptors (Lipinski definition) is 6. The van der Waals surface area contributed by atoms with Crippen molar-refractivity contribution >= 4 is 28.4 Å². The summed E-state index contributed by atoms with van der Waals surface area (Å²) in [5.41, 5.74) is 6.72. The Hall–Kier alpha value is -3.96. The largest absolute Gasteiger partial charge is 0.573 e. The van der Waals surface area contributed by atoms with Crippen LogP contribution in [-0.2, 0) is 0 Å². The van der Waals surface area contributed by atoms with E-state index in [4.69, 9.17) is 5.73 Å². The molecule has 2 heterocycles. The van der Waals surface area contributed by atoms with Crippen molar-refractivity contribution in [2.24, 2.45) is 0 Å². The number of ether oxygens (including phenoxy) is 1. The minimum atomic E-state index is -4.83. The van der Waals surface area contributed by atoms with Gasteiger partial charge in [-0.05, 0) is 43.3 Å². The van der Waals surface area contributed by atoms with Crippen molar-refractivity contribution in [1.82, 2.24) is 19.5 Å². The van der Waals surface area contributed by atoms with Gasteiger partial charge in [0.1, 0.15) is 17.4 Å². The molecule has 0 unspecified atom stereocenters. The zero-order chi connectivity index (χ0) is 22.3. The molecule has 0 atom stereocenters. The molecular formula is C19H13F5N6O. The van der Waals surface area contributed by atoms with Crippen LogP contribution in [0.15, 0.2) is 42.5 Å². The van der Waals surface area contributed by atoms with Gasteiger partial charge in [0.25, 0.3) is 0 Å². The number of hydrogen-bond donors (Lipinski definition) is 2. The number of nitrogen functional groups attached to an aromatic ring is 1. The van der Waals surface area contributed by atoms with Crippen LogP contribution in [0.2, 0.25) is 0 Å². The lowest BCUT2D eigenvalue weighted by molar-refractivity contribution is -0.274. The predicted octanol–water partition coefficient (Wildman–Crippen LogP) is 4.63. The minimum absolute atomic E-state index is 0.0657. The first-order valence-corrected chi connectivity index (χ1v) is 8.71. The molecule has 0 amide bonds. The number of nitrogens with one attached hydrogen (secondary N) is 1. The highest BCUT2D eigenvalue weighted by Crippen LogP contribution is 2.28. The first-order chi connectivity index (χ1) is 14.6. The standard InChI is InChI=1S/C19H13F5N6O/c1-9-26-13-7-2-10(20)8-14(13)30(9)18-28-16(25)15(21)17(29-18)27-11-3-5-12(6-4-11)31-19(22,23)24/h2-8H,1H3,(H3,25,27,28,29). The monoisotopic (exact) mass is 436 g/mol. The van der Waals surface area contributed by atoms with Gasteiger partial charge in [0, 0.05) is 11.8 Å². The molecule has 4 rings (SSSR count). The van der Waals surface area contributed by atoms with Crippen LogP contribution in [0.1, 0.15) is 5.82 Å². The zero-order valence-electron chi connectivity index (χ0n) is 15.7. The molecule has 0 aliphatic carbocycles. The predicted molar refractivity (Wildman–Crippen MR) is 102 cm³/mol. The molecule has 0 aliphatic rings. The second kappa shape index (κ2) is 7.38. The number of nitrogens with zero attached hydrogens (tertiary/aromatic N) is 4. The van der Waals surface area contributed by atoms with Crippen molar-refractivity contribution in [3.63, 3.8) is 0 Å². The Bertz CT molecular complexity index is 1270. The van der Waals surface area contributed by atoms with Gasteiger partial charge in [-0.3, -0.25) is 4.57 Å². The highest BCUT2D eigenvalue weighted by atomic mass is 19.4. The zero-order valence-corrected chi connectivity index (χ0v) is 15.7. The summed E-state index contributed by atoms with van der Waals surface area (Å²) in [7, 11) is 0. The number of anilines is 3. The molecular weight excluding hydrogens is 423 g/mol. The van der Waals surface area contributed by atoms with Crippen LogP contribution in [0.4, 0.5) is 39.3 Å². The second-order valence-electron chi connectivity index (χ2n) is 6.40. The van der Waals surface area contributed by atoms with E-state index >= 15 is 0 Å². The van der Waals surface area contributed by atoms with Gasteiger partial charge < -0.3 is 15.8 Å². The molecule has 0 aliphatic heterocycles. The third-order valence-electron chi connectivity index (χ3n) is 4.20. The van der Waals surface area contributed by atoms with Crippen molar-refractivity contribution in [3.8, 4) is 11.7 Å². The maximum Gasteiger partial charge on any atom is 0.573 e. The molecule has 12 heteroatoms. The minimum Gasteiger partial charge on any atom is -0.406 e. The second-order valence-corrected chi connectivity index (χ2v) is 6.40. The molecule has 0 radical (unpaired) electrons. The highest BCUT2D eigenvalue weighted by Gasteiger charge is 2.31. The first-order valence-electron chi connectivity index (χ1n) is 8.71. The maximum atomic E-state index is 14.5. The number of aryl methyl sites for hydroxylation is 1. The lowest BCUT2D eigenvalue weighted by Crippen LogP contribution is -2.17. The molecule has 0 fully saturated rings. The molecule has 0 saturated heterocycles. The average molecular weight is 436 g/mol. The summed E-state index contributed by atoms with van der Waals surface area (Å²) in [6, 6.07) is 8.54. The normalized spacial score (nSPS) is 11.7. The quantitative estimate of drug-likeness (QED) is 0.454. The van der Waals surface area contributed by atoms with Gasteiger partial charge in [0.05, 0.1) is 11.0 Å². The molecule has 160 valence electrons. The van der Waals surface area contributed by atoms with E-state index in [1.54, 1.807) is 6.92 Å². The number of aromatic nitrogens is 4. The number of fused-ring (bicyclic) bond motifs is 1. The number of imidazole rings is 1. The maximum absolute atomic E-state index is 14.5. The topological polar surface area (TPSA) is 90.9 Å². The van der Waals surface area contributed by atoms with Crippen molar-refractivity contribution in [2.45, 2.75) is 13.3 Å². The summed E-state index contributed by atoms with van der Waals surface area (Å²) in [6.45, 7) is 1.63. The molecule has 0 spiro atoms. The van der Waals surface area contributed by atoms with Crippen molar-refractivity contribution in [3.05, 3.63) is 59.9 Å². The molecule has 31 heavy (non-hydrogen) atoms. The summed E-state index contributed by atoms with van der Waals surface area (Å²) in [6.07, 6.45) is -4.83. The number of benzene rings is 2. The smallest absolute Gasteiger partial charge is 0.406 e. The Balaban J connectivity index is 1.71. The SMILES string of the molecule is Cc1nc2ccc(F)cc2n1-c1nc(N)c(F)c(Nc2ccc(OC(F)(F)F)cc2)n1. The van der Waals surface area contributed by atoms with Crippen LogP contribution in [0.5, 0.6) is 5.75 Å². The van der Waals surface area contributed by atoms with Gasteiger partial charge in [0.15, 0.2) is 11.6 Å². The van der Waals surface area contributed by atoms with Crippen molar-refractivity contribution in [2.75, 3.05) is 11.1 Å². The lowest BCUT2D eigenvalue weighted by atomic mass is 10.3. The molecule has 2 aromatic heterocycles. The fourth-order valence-corrected chi connectivity index (χ4v) is 2.93. The third-order valence-corrected chi connectivity index (χ3v) is 4.20. The van der Waals surface area contributed by atoms with E-state index in [0.29, 0.717) is 16.9 Å². The van der Waals surface area contributed by atoms with Gasteiger partial charge in [-0.25, -0.2) is 9.37 Å². The summed E-state index contributed by atoms with van der Waals surface area (Å²) >= 11 is 0. The molecule has 0 bridgehead atoms. The number of alkyl halides is 3. The Morgan fingerprint density at radius 2 is 1.71 bits per heavy atom.